The first kappa shape index (κ1) is 51.6. The summed E-state index contributed by atoms with van der Waals surface area (Å²) in [7, 11) is -5.57. The number of allylic oxidation sites excluding steroid dienone is 8. The molecule has 0 saturated heterocycles. The Kier molecular flexibility index (Phi) is 28.7. The van der Waals surface area contributed by atoms with Crippen LogP contribution in [0.5, 0.6) is 0 Å². The zero-order valence-electron chi connectivity index (χ0n) is 34.3. The van der Waals surface area contributed by atoms with E-state index in [0.717, 1.165) is 51.4 Å². The van der Waals surface area contributed by atoms with Crippen molar-refractivity contribution in [2.75, 3.05) is 0 Å². The standard InChI is InChI=1S/C44H79O10P/c1-3-5-7-9-11-13-15-17-19-20-21-23-25-27-29-31-33-35-37-43(50)41(48)39(46)40(47)42(49)44(43,54-55(51,52)53)38(45)36-34-32-30-28-26-24-22-18-16-14-12-10-8-6-4-2/h11,13,17,19,21,23,27,29,39-42,46-50H,3-10,12,14-16,18,20,22,24-26,28,30-37H2,1-2H3,(H2,51,52,53)/b13-11-,19-17-,23-21-,29-27-. The van der Waals surface area contributed by atoms with E-state index in [1.54, 1.807) is 0 Å². The number of ketones is 1. The third-order valence-electron chi connectivity index (χ3n) is 10.9. The summed E-state index contributed by atoms with van der Waals surface area (Å²) in [5, 5.41) is 55.2. The third-order valence-corrected chi connectivity index (χ3v) is 11.4. The van der Waals surface area contributed by atoms with Crippen molar-refractivity contribution in [3.05, 3.63) is 48.6 Å². The quantitative estimate of drug-likeness (QED) is 0.0188. The number of phosphoric ester groups is 1. The van der Waals surface area contributed by atoms with Gasteiger partial charge in [0.2, 0.25) is 0 Å². The number of Topliss-reactive ketones (excluding diaryl/α,β-unsaturated/α-hetero) is 1. The van der Waals surface area contributed by atoms with Gasteiger partial charge in [0.1, 0.15) is 30.0 Å². The van der Waals surface area contributed by atoms with Crippen LogP contribution in [0, 0.1) is 0 Å². The highest BCUT2D eigenvalue weighted by Gasteiger charge is 2.72. The number of phosphoric acid groups is 1. The molecule has 0 aromatic heterocycles. The van der Waals surface area contributed by atoms with Crippen LogP contribution in [0.2, 0.25) is 0 Å². The van der Waals surface area contributed by atoms with E-state index in [2.05, 4.69) is 50.3 Å². The lowest BCUT2D eigenvalue weighted by molar-refractivity contribution is -0.298. The summed E-state index contributed by atoms with van der Waals surface area (Å²) < 4.78 is 17.2. The Bertz CT molecular complexity index is 1150. The van der Waals surface area contributed by atoms with Gasteiger partial charge in [-0.2, -0.15) is 0 Å². The van der Waals surface area contributed by atoms with Crippen molar-refractivity contribution in [3.8, 4) is 0 Å². The first-order valence-electron chi connectivity index (χ1n) is 21.7. The van der Waals surface area contributed by atoms with Crippen LogP contribution in [-0.4, -0.2) is 76.7 Å². The zero-order chi connectivity index (χ0) is 40.8. The van der Waals surface area contributed by atoms with E-state index in [4.69, 9.17) is 4.52 Å². The maximum absolute atomic E-state index is 13.8. The molecule has 0 spiro atoms. The van der Waals surface area contributed by atoms with Crippen molar-refractivity contribution in [3.63, 3.8) is 0 Å². The molecule has 0 radical (unpaired) electrons. The molecular formula is C44H79O10P. The molecule has 1 aliphatic rings. The Morgan fingerprint density at radius 3 is 1.35 bits per heavy atom. The Hall–Kier alpha value is -1.46. The van der Waals surface area contributed by atoms with Crippen LogP contribution in [0.3, 0.4) is 0 Å². The largest absolute Gasteiger partial charge is 0.470 e. The number of hydrogen-bond acceptors (Lipinski definition) is 8. The predicted octanol–water partition coefficient (Wildman–Crippen LogP) is 9.39. The van der Waals surface area contributed by atoms with Crippen molar-refractivity contribution in [1.29, 1.82) is 0 Å². The maximum Gasteiger partial charge on any atom is 0.470 e. The molecule has 0 aliphatic heterocycles. The average Bonchev–Trinajstić information content (AvgIpc) is 3.15. The fourth-order valence-electron chi connectivity index (χ4n) is 7.54. The SMILES string of the molecule is CCCCC/C=C\C/C=C\C/C=C\C/C=C\CCCCC1(O)C(O)C(O)C(O)C(O)C1(OP(=O)(O)O)C(=O)CCCCCCCCCCCCCCCCC. The molecule has 1 rings (SSSR count). The van der Waals surface area contributed by atoms with Gasteiger partial charge in [0.15, 0.2) is 11.4 Å². The van der Waals surface area contributed by atoms with E-state index in [9.17, 15) is 44.7 Å². The van der Waals surface area contributed by atoms with Gasteiger partial charge in [0, 0.05) is 6.42 Å². The summed E-state index contributed by atoms with van der Waals surface area (Å²) in [6.45, 7) is 4.43. The van der Waals surface area contributed by atoms with E-state index < -0.39 is 55.6 Å². The van der Waals surface area contributed by atoms with Crippen LogP contribution in [0.25, 0.3) is 0 Å². The molecule has 0 heterocycles. The van der Waals surface area contributed by atoms with E-state index in [0.29, 0.717) is 25.7 Å². The minimum absolute atomic E-state index is 0.166. The molecule has 6 atom stereocenters. The van der Waals surface area contributed by atoms with Gasteiger partial charge in [-0.05, 0) is 57.8 Å². The second kappa shape index (κ2) is 30.6. The molecule has 320 valence electrons. The fraction of sp³-hybridized carbons (Fsp3) is 0.795. The summed E-state index contributed by atoms with van der Waals surface area (Å²) in [5.41, 5.74) is -5.84. The van der Waals surface area contributed by atoms with Gasteiger partial charge in [-0.15, -0.1) is 0 Å². The van der Waals surface area contributed by atoms with Gasteiger partial charge >= 0.3 is 7.82 Å². The first-order chi connectivity index (χ1) is 26.4. The number of aliphatic hydroxyl groups excluding tert-OH is 4. The van der Waals surface area contributed by atoms with Crippen molar-refractivity contribution < 1.29 is 49.2 Å². The highest BCUT2D eigenvalue weighted by Crippen LogP contribution is 2.53. The van der Waals surface area contributed by atoms with Crippen molar-refractivity contribution in [2.24, 2.45) is 0 Å². The average molecular weight is 799 g/mol. The Morgan fingerprint density at radius 2 is 0.909 bits per heavy atom. The highest BCUT2D eigenvalue weighted by molar-refractivity contribution is 7.46. The van der Waals surface area contributed by atoms with Gasteiger partial charge in [-0.25, -0.2) is 4.57 Å². The van der Waals surface area contributed by atoms with Crippen LogP contribution in [0.15, 0.2) is 48.6 Å². The summed E-state index contributed by atoms with van der Waals surface area (Å²) in [5.74, 6) is -1.04. The Balaban J connectivity index is 2.65. The molecule has 55 heavy (non-hydrogen) atoms. The second-order valence-electron chi connectivity index (χ2n) is 15.6. The predicted molar refractivity (Wildman–Crippen MR) is 222 cm³/mol. The first-order valence-corrected chi connectivity index (χ1v) is 23.3. The Morgan fingerprint density at radius 1 is 0.545 bits per heavy atom. The van der Waals surface area contributed by atoms with E-state index in [1.165, 1.54) is 77.0 Å². The summed E-state index contributed by atoms with van der Waals surface area (Å²) >= 11 is 0. The van der Waals surface area contributed by atoms with Gasteiger partial charge in [0.05, 0.1) is 0 Å². The molecule has 0 aromatic carbocycles. The lowest BCUT2D eigenvalue weighted by Crippen LogP contribution is -2.80. The number of aliphatic hydroxyl groups is 5. The Labute approximate surface area is 333 Å². The molecule has 0 aromatic rings. The van der Waals surface area contributed by atoms with Gasteiger partial charge in [0.25, 0.3) is 0 Å². The smallest absolute Gasteiger partial charge is 0.387 e. The minimum Gasteiger partial charge on any atom is -0.387 e. The zero-order valence-corrected chi connectivity index (χ0v) is 35.2. The van der Waals surface area contributed by atoms with Crippen molar-refractivity contribution in [1.82, 2.24) is 0 Å². The van der Waals surface area contributed by atoms with Crippen LogP contribution < -0.4 is 0 Å². The number of carbonyl (C=O) groups is 1. The minimum atomic E-state index is -5.57. The molecule has 10 nitrogen and oxygen atoms in total. The van der Waals surface area contributed by atoms with Gasteiger partial charge in [-0.1, -0.05) is 172 Å². The van der Waals surface area contributed by atoms with Crippen LogP contribution in [0.1, 0.15) is 187 Å². The molecule has 1 fully saturated rings. The lowest BCUT2D eigenvalue weighted by atomic mass is 9.61. The second-order valence-corrected chi connectivity index (χ2v) is 16.7. The highest BCUT2D eigenvalue weighted by atomic mass is 31.2. The monoisotopic (exact) mass is 799 g/mol. The molecular weight excluding hydrogens is 719 g/mol. The number of hydrogen-bond donors (Lipinski definition) is 7. The van der Waals surface area contributed by atoms with Crippen molar-refractivity contribution >= 4 is 13.6 Å². The topological polar surface area (TPSA) is 185 Å². The van der Waals surface area contributed by atoms with E-state index in [-0.39, 0.29) is 12.8 Å². The maximum atomic E-state index is 13.8. The van der Waals surface area contributed by atoms with Crippen LogP contribution >= 0.6 is 7.82 Å². The lowest BCUT2D eigenvalue weighted by Gasteiger charge is -2.56. The number of unbranched alkanes of at least 4 members (excludes halogenated alkanes) is 19. The third kappa shape index (κ3) is 20.2. The van der Waals surface area contributed by atoms with Crippen LogP contribution in [0.4, 0.5) is 0 Å². The molecule has 7 N–H and O–H groups in total. The fourth-order valence-corrected chi connectivity index (χ4v) is 8.29. The molecule has 1 saturated carbocycles. The molecule has 11 heteroatoms. The molecule has 0 bridgehead atoms. The van der Waals surface area contributed by atoms with E-state index in [1.807, 2.05) is 12.2 Å². The molecule has 6 unspecified atom stereocenters. The summed E-state index contributed by atoms with van der Waals surface area (Å²) in [6.07, 6.45) is 32.4. The summed E-state index contributed by atoms with van der Waals surface area (Å²) in [6, 6.07) is 0. The van der Waals surface area contributed by atoms with E-state index >= 15 is 0 Å². The normalized spacial score (nSPS) is 25.0. The number of carbonyl (C=O) groups excluding carboxylic acids is 1. The van der Waals surface area contributed by atoms with Crippen LogP contribution in [-0.2, 0) is 13.9 Å². The number of rotatable bonds is 34. The molecule has 0 amide bonds. The van der Waals surface area contributed by atoms with Gasteiger partial charge in [-0.3, -0.25) is 9.32 Å². The summed E-state index contributed by atoms with van der Waals surface area (Å²) in [4.78, 5) is 33.6. The van der Waals surface area contributed by atoms with Gasteiger partial charge < -0.3 is 35.3 Å². The van der Waals surface area contributed by atoms with Crippen molar-refractivity contribution in [2.45, 2.75) is 223 Å². The molecule has 1 aliphatic carbocycles.